The van der Waals surface area contributed by atoms with Crippen molar-refractivity contribution in [3.05, 3.63) is 83.2 Å². The zero-order chi connectivity index (χ0) is 20.4. The van der Waals surface area contributed by atoms with Crippen LogP contribution in [0, 0.1) is 0 Å². The van der Waals surface area contributed by atoms with Gasteiger partial charge in [0.15, 0.2) is 5.69 Å². The van der Waals surface area contributed by atoms with Crippen molar-refractivity contribution in [2.45, 2.75) is 25.1 Å². The summed E-state index contributed by atoms with van der Waals surface area (Å²) in [5.41, 5.74) is 2.39. The van der Waals surface area contributed by atoms with Crippen LogP contribution in [0.15, 0.2) is 65.2 Å². The van der Waals surface area contributed by atoms with E-state index in [9.17, 15) is 14.0 Å². The summed E-state index contributed by atoms with van der Waals surface area (Å²) in [7, 11) is 1.58. The van der Waals surface area contributed by atoms with Crippen molar-refractivity contribution < 1.29 is 18.5 Å². The van der Waals surface area contributed by atoms with Gasteiger partial charge < -0.3 is 14.7 Å². The summed E-state index contributed by atoms with van der Waals surface area (Å²) in [5, 5.41) is 6.26. The van der Waals surface area contributed by atoms with Crippen LogP contribution in [0.2, 0.25) is 0 Å². The number of benzene rings is 2. The number of para-hydroxylation sites is 1. The van der Waals surface area contributed by atoms with Crippen LogP contribution >= 0.6 is 0 Å². The van der Waals surface area contributed by atoms with E-state index in [4.69, 9.17) is 4.52 Å². The van der Waals surface area contributed by atoms with Gasteiger partial charge in [0.2, 0.25) is 0 Å². The minimum atomic E-state index is -1.55. The number of aromatic nitrogens is 1. The number of anilines is 1. The van der Waals surface area contributed by atoms with Crippen LogP contribution in [0.4, 0.5) is 10.1 Å². The summed E-state index contributed by atoms with van der Waals surface area (Å²) in [4.78, 5) is 26.7. The highest BCUT2D eigenvalue weighted by molar-refractivity contribution is 6.02. The zero-order valence-electron chi connectivity index (χ0n) is 15.8. The molecule has 4 rings (SSSR count). The number of halogens is 1. The molecule has 6 nitrogen and oxygen atoms in total. The number of nitrogens with zero attached hydrogens (tertiary/aromatic N) is 2. The van der Waals surface area contributed by atoms with E-state index in [1.165, 1.54) is 11.0 Å². The van der Waals surface area contributed by atoms with Gasteiger partial charge in [-0.3, -0.25) is 9.59 Å². The molecule has 29 heavy (non-hydrogen) atoms. The highest BCUT2D eigenvalue weighted by atomic mass is 19.1. The molecule has 2 aromatic carbocycles. The molecule has 2 atom stereocenters. The Morgan fingerprint density at radius 2 is 1.93 bits per heavy atom. The number of hydrogen-bond donors (Lipinski definition) is 1. The fraction of sp³-hybridized carbons (Fsp3) is 0.227. The Morgan fingerprint density at radius 3 is 2.72 bits per heavy atom. The average molecular weight is 393 g/mol. The van der Waals surface area contributed by atoms with E-state index in [-0.39, 0.29) is 12.1 Å². The molecule has 0 aliphatic carbocycles. The number of nitrogens with one attached hydrogen (secondary N) is 1. The average Bonchev–Trinajstić information content (AvgIpc) is 3.17. The number of rotatable bonds is 4. The van der Waals surface area contributed by atoms with Gasteiger partial charge in [-0.25, -0.2) is 4.39 Å². The topological polar surface area (TPSA) is 75.4 Å². The molecule has 0 saturated carbocycles. The molecule has 0 spiro atoms. The minimum absolute atomic E-state index is 0.0142. The first-order chi connectivity index (χ1) is 14.0. The van der Waals surface area contributed by atoms with Crippen molar-refractivity contribution in [2.75, 3.05) is 11.9 Å². The van der Waals surface area contributed by atoms with Crippen LogP contribution in [0.25, 0.3) is 0 Å². The maximum Gasteiger partial charge on any atom is 0.274 e. The molecule has 2 heterocycles. The Labute approximate surface area is 167 Å². The highest BCUT2D eigenvalue weighted by Gasteiger charge is 2.37. The SMILES string of the molecule is CN1C(=O)C(NC(=O)c2cc(Cc3ccccc3)on2)[C@H](F)Cc2ccccc21. The normalized spacial score (nSPS) is 18.8. The van der Waals surface area contributed by atoms with Crippen LogP contribution in [-0.2, 0) is 17.6 Å². The van der Waals surface area contributed by atoms with E-state index < -0.39 is 24.0 Å². The standard InChI is InChI=1S/C22H20FN3O3/c1-26-19-10-6-5-9-15(19)12-17(23)20(22(26)28)24-21(27)18-13-16(29-25-18)11-14-7-3-2-4-8-14/h2-10,13,17,20H,11-12H2,1H3,(H,24,27)/t17-,20?/m1/s1. The third-order valence-electron chi connectivity index (χ3n) is 5.03. The molecule has 3 aromatic rings. The zero-order valence-corrected chi connectivity index (χ0v) is 15.8. The minimum Gasteiger partial charge on any atom is -0.360 e. The molecule has 0 radical (unpaired) electrons. The fourth-order valence-corrected chi connectivity index (χ4v) is 3.49. The Kier molecular flexibility index (Phi) is 5.12. The maximum absolute atomic E-state index is 14.9. The highest BCUT2D eigenvalue weighted by Crippen LogP contribution is 2.27. The summed E-state index contributed by atoms with van der Waals surface area (Å²) in [5.74, 6) is -0.646. The Balaban J connectivity index is 1.49. The van der Waals surface area contributed by atoms with Crippen LogP contribution in [0.5, 0.6) is 0 Å². The van der Waals surface area contributed by atoms with Gasteiger partial charge in [0.25, 0.3) is 11.8 Å². The van der Waals surface area contributed by atoms with Gasteiger partial charge in [0, 0.05) is 31.6 Å². The van der Waals surface area contributed by atoms with Gasteiger partial charge >= 0.3 is 0 Å². The molecular weight excluding hydrogens is 373 g/mol. The lowest BCUT2D eigenvalue weighted by molar-refractivity contribution is -0.121. The molecule has 0 bridgehead atoms. The van der Waals surface area contributed by atoms with E-state index in [0.29, 0.717) is 17.9 Å². The second kappa shape index (κ2) is 7.87. The molecule has 7 heteroatoms. The lowest BCUT2D eigenvalue weighted by atomic mass is 10.0. The predicted octanol–water partition coefficient (Wildman–Crippen LogP) is 2.92. The molecular formula is C22H20FN3O3. The van der Waals surface area contributed by atoms with Gasteiger partial charge in [-0.2, -0.15) is 0 Å². The van der Waals surface area contributed by atoms with Gasteiger partial charge in [0.1, 0.15) is 18.0 Å². The first kappa shape index (κ1) is 18.9. The Morgan fingerprint density at radius 1 is 1.21 bits per heavy atom. The molecule has 1 aliphatic rings. The smallest absolute Gasteiger partial charge is 0.274 e. The predicted molar refractivity (Wildman–Crippen MR) is 105 cm³/mol. The quantitative estimate of drug-likeness (QED) is 0.740. The Bertz CT molecular complexity index is 1030. The second-order valence-electron chi connectivity index (χ2n) is 7.04. The summed E-state index contributed by atoms with van der Waals surface area (Å²) >= 11 is 0. The summed E-state index contributed by atoms with van der Waals surface area (Å²) < 4.78 is 20.1. The van der Waals surface area contributed by atoms with Crippen molar-refractivity contribution in [2.24, 2.45) is 0 Å². The van der Waals surface area contributed by atoms with E-state index >= 15 is 0 Å². The second-order valence-corrected chi connectivity index (χ2v) is 7.04. The lowest BCUT2D eigenvalue weighted by Gasteiger charge is -2.22. The first-order valence-corrected chi connectivity index (χ1v) is 9.33. The van der Waals surface area contributed by atoms with Crippen LogP contribution in [0.1, 0.15) is 27.4 Å². The maximum atomic E-state index is 14.9. The number of carbonyl (C=O) groups is 2. The number of amides is 2. The number of fused-ring (bicyclic) bond motifs is 1. The van der Waals surface area contributed by atoms with Crippen molar-refractivity contribution in [1.82, 2.24) is 10.5 Å². The largest absolute Gasteiger partial charge is 0.360 e. The van der Waals surface area contributed by atoms with Crippen molar-refractivity contribution in [1.29, 1.82) is 0 Å². The molecule has 148 valence electrons. The lowest BCUT2D eigenvalue weighted by Crippen LogP contribution is -2.51. The molecule has 0 fully saturated rings. The van der Waals surface area contributed by atoms with E-state index in [0.717, 1.165) is 11.1 Å². The number of hydrogen-bond acceptors (Lipinski definition) is 4. The van der Waals surface area contributed by atoms with Crippen molar-refractivity contribution in [3.8, 4) is 0 Å². The summed E-state index contributed by atoms with van der Waals surface area (Å²) in [6.07, 6.45) is -1.03. The summed E-state index contributed by atoms with van der Waals surface area (Å²) in [6.45, 7) is 0. The van der Waals surface area contributed by atoms with Crippen LogP contribution in [-0.4, -0.2) is 36.2 Å². The Hall–Kier alpha value is -3.48. The van der Waals surface area contributed by atoms with Gasteiger partial charge in [0.05, 0.1) is 0 Å². The fourth-order valence-electron chi connectivity index (χ4n) is 3.49. The van der Waals surface area contributed by atoms with E-state index in [2.05, 4.69) is 10.5 Å². The summed E-state index contributed by atoms with van der Waals surface area (Å²) in [6, 6.07) is 17.0. The van der Waals surface area contributed by atoms with Crippen molar-refractivity contribution in [3.63, 3.8) is 0 Å². The van der Waals surface area contributed by atoms with Gasteiger partial charge in [-0.15, -0.1) is 0 Å². The van der Waals surface area contributed by atoms with Crippen LogP contribution in [0.3, 0.4) is 0 Å². The monoisotopic (exact) mass is 393 g/mol. The molecule has 1 aromatic heterocycles. The van der Waals surface area contributed by atoms with E-state index in [1.54, 1.807) is 31.3 Å². The molecule has 2 amide bonds. The molecule has 1 aliphatic heterocycles. The van der Waals surface area contributed by atoms with Gasteiger partial charge in [-0.05, 0) is 17.2 Å². The number of likely N-dealkylation sites (N-methyl/N-ethyl adjacent to an activating group) is 1. The van der Waals surface area contributed by atoms with E-state index in [1.807, 2.05) is 30.3 Å². The van der Waals surface area contributed by atoms with Crippen molar-refractivity contribution >= 4 is 17.5 Å². The third-order valence-corrected chi connectivity index (χ3v) is 5.03. The van der Waals surface area contributed by atoms with Gasteiger partial charge in [-0.1, -0.05) is 53.7 Å². The third kappa shape index (κ3) is 3.89. The van der Waals surface area contributed by atoms with Crippen LogP contribution < -0.4 is 10.2 Å². The number of alkyl halides is 1. The molecule has 1 unspecified atom stereocenters. The first-order valence-electron chi connectivity index (χ1n) is 9.33. The number of carbonyl (C=O) groups excluding carboxylic acids is 2. The molecule has 1 N–H and O–H groups in total. The molecule has 0 saturated heterocycles.